The monoisotopic (exact) mass is 592 g/mol. The van der Waals surface area contributed by atoms with Gasteiger partial charge >= 0.3 is 19.8 Å². The van der Waals surface area contributed by atoms with Gasteiger partial charge in [0.05, 0.1) is 27.7 Å². The molecule has 0 fully saturated rings. The zero-order chi connectivity index (χ0) is 30.1. The van der Waals surface area contributed by atoms with Crippen molar-refractivity contribution in [3.8, 4) is 0 Å². The second kappa shape index (κ2) is 24.4. The van der Waals surface area contributed by atoms with E-state index < -0.39 is 26.5 Å². The molecular formula is C30H59NO8P+. The molecule has 0 aliphatic carbocycles. The first-order valence-corrected chi connectivity index (χ1v) is 16.9. The smallest absolute Gasteiger partial charge is 0.462 e. The van der Waals surface area contributed by atoms with Gasteiger partial charge < -0.3 is 18.9 Å². The standard InChI is InChI=1S/C30H58NO8P/c1-6-8-9-10-11-12-13-14-15-16-17-18-19-20-21-23-29(32)36-26-28(39-30(33)22-7-2)27-38-40(34,35)37-25-24-31(3,4)5/h14-15,28H,6-13,16-27H2,1-5H3/p+1/b15-14-. The van der Waals surface area contributed by atoms with Crippen molar-refractivity contribution in [2.45, 2.75) is 123 Å². The fourth-order valence-corrected chi connectivity index (χ4v) is 4.55. The van der Waals surface area contributed by atoms with Crippen LogP contribution in [-0.2, 0) is 32.7 Å². The molecule has 2 atom stereocenters. The van der Waals surface area contributed by atoms with Gasteiger partial charge in [0.15, 0.2) is 6.10 Å². The molecule has 2 unspecified atom stereocenters. The number of unbranched alkanes of at least 4 members (excludes halogenated alkanes) is 11. The summed E-state index contributed by atoms with van der Waals surface area (Å²) in [6.45, 7) is 3.98. The lowest BCUT2D eigenvalue weighted by Crippen LogP contribution is -2.37. The van der Waals surface area contributed by atoms with Crippen LogP contribution in [0.5, 0.6) is 0 Å². The molecule has 0 aromatic heterocycles. The lowest BCUT2D eigenvalue weighted by Gasteiger charge is -2.24. The van der Waals surface area contributed by atoms with E-state index in [9.17, 15) is 19.0 Å². The third kappa shape index (κ3) is 26.9. The second-order valence-electron chi connectivity index (χ2n) is 11.5. The van der Waals surface area contributed by atoms with E-state index in [0.717, 1.165) is 38.5 Å². The molecule has 0 amide bonds. The van der Waals surface area contributed by atoms with Gasteiger partial charge in [0.1, 0.15) is 19.8 Å². The molecule has 9 nitrogen and oxygen atoms in total. The van der Waals surface area contributed by atoms with Crippen LogP contribution < -0.4 is 0 Å². The van der Waals surface area contributed by atoms with E-state index in [1.807, 2.05) is 28.1 Å². The normalized spacial score (nSPS) is 14.2. The molecule has 40 heavy (non-hydrogen) atoms. The molecule has 0 rings (SSSR count). The van der Waals surface area contributed by atoms with Crippen molar-refractivity contribution in [3.05, 3.63) is 12.2 Å². The average molecular weight is 593 g/mol. The molecule has 10 heteroatoms. The van der Waals surface area contributed by atoms with E-state index in [4.69, 9.17) is 18.5 Å². The maximum atomic E-state index is 12.2. The molecule has 0 heterocycles. The summed E-state index contributed by atoms with van der Waals surface area (Å²) >= 11 is 0. The van der Waals surface area contributed by atoms with E-state index in [2.05, 4.69) is 19.1 Å². The molecule has 236 valence electrons. The van der Waals surface area contributed by atoms with Crippen LogP contribution in [-0.4, -0.2) is 74.9 Å². The largest absolute Gasteiger partial charge is 0.472 e. The molecule has 0 saturated carbocycles. The number of nitrogens with zero attached hydrogens (tertiary/aromatic N) is 1. The highest BCUT2D eigenvalue weighted by atomic mass is 31.2. The number of rotatable bonds is 27. The van der Waals surface area contributed by atoms with E-state index in [1.165, 1.54) is 44.9 Å². The Bertz CT molecular complexity index is 723. The van der Waals surface area contributed by atoms with Crippen LogP contribution in [0.2, 0.25) is 0 Å². The molecule has 0 aromatic carbocycles. The summed E-state index contributed by atoms with van der Waals surface area (Å²) in [5.74, 6) is -0.872. The number of allylic oxidation sites excluding steroid dienone is 2. The van der Waals surface area contributed by atoms with Gasteiger partial charge in [-0.25, -0.2) is 4.57 Å². The molecular weight excluding hydrogens is 533 g/mol. The number of carbonyl (C=O) groups excluding carboxylic acids is 2. The zero-order valence-electron chi connectivity index (χ0n) is 26.1. The zero-order valence-corrected chi connectivity index (χ0v) is 27.0. The van der Waals surface area contributed by atoms with Gasteiger partial charge in [-0.05, 0) is 38.5 Å². The number of quaternary nitrogens is 1. The summed E-state index contributed by atoms with van der Waals surface area (Å²) in [5.41, 5.74) is 0. The van der Waals surface area contributed by atoms with Crippen molar-refractivity contribution < 1.29 is 42.1 Å². The van der Waals surface area contributed by atoms with Crippen molar-refractivity contribution in [3.63, 3.8) is 0 Å². The van der Waals surface area contributed by atoms with E-state index in [1.54, 1.807) is 0 Å². The van der Waals surface area contributed by atoms with Crippen LogP contribution in [0.3, 0.4) is 0 Å². The maximum Gasteiger partial charge on any atom is 0.472 e. The number of phosphoric acid groups is 1. The van der Waals surface area contributed by atoms with Gasteiger partial charge in [0.25, 0.3) is 0 Å². The van der Waals surface area contributed by atoms with Gasteiger partial charge in [-0.1, -0.05) is 77.4 Å². The summed E-state index contributed by atoms with van der Waals surface area (Å²) in [7, 11) is 1.46. The number of hydrogen-bond donors (Lipinski definition) is 1. The molecule has 1 N–H and O–H groups in total. The Labute approximate surface area is 244 Å². The Balaban J connectivity index is 4.12. The molecule has 0 saturated heterocycles. The highest BCUT2D eigenvalue weighted by Gasteiger charge is 2.26. The SMILES string of the molecule is CCCCCCCC/C=C\CCCCCCCC(=O)OCC(COP(=O)(O)OCC[N+](C)(C)C)OC(=O)CCC. The Kier molecular flexibility index (Phi) is 23.6. The number of ether oxygens (including phenoxy) is 2. The molecule has 0 aliphatic rings. The Morgan fingerprint density at radius 1 is 0.750 bits per heavy atom. The highest BCUT2D eigenvalue weighted by molar-refractivity contribution is 7.47. The fourth-order valence-electron chi connectivity index (χ4n) is 3.81. The van der Waals surface area contributed by atoms with Gasteiger partial charge in [-0.3, -0.25) is 18.6 Å². The fraction of sp³-hybridized carbons (Fsp3) is 0.867. The van der Waals surface area contributed by atoms with Crippen LogP contribution in [0.1, 0.15) is 117 Å². The molecule has 0 aromatic rings. The Morgan fingerprint density at radius 3 is 1.90 bits per heavy atom. The third-order valence-corrected chi connectivity index (χ3v) is 7.25. The van der Waals surface area contributed by atoms with Crippen molar-refractivity contribution in [2.24, 2.45) is 0 Å². The molecule has 0 spiro atoms. The first-order chi connectivity index (χ1) is 19.0. The first kappa shape index (κ1) is 38.8. The summed E-state index contributed by atoms with van der Waals surface area (Å²) < 4.78 is 33.3. The summed E-state index contributed by atoms with van der Waals surface area (Å²) in [5, 5.41) is 0. The Morgan fingerprint density at radius 2 is 1.32 bits per heavy atom. The van der Waals surface area contributed by atoms with Crippen molar-refractivity contribution in [1.82, 2.24) is 0 Å². The van der Waals surface area contributed by atoms with Gasteiger partial charge in [-0.15, -0.1) is 0 Å². The first-order valence-electron chi connectivity index (χ1n) is 15.4. The lowest BCUT2D eigenvalue weighted by atomic mass is 10.1. The van der Waals surface area contributed by atoms with Crippen LogP contribution in [0.4, 0.5) is 0 Å². The minimum absolute atomic E-state index is 0.0303. The van der Waals surface area contributed by atoms with Crippen LogP contribution in [0, 0.1) is 0 Å². The summed E-state index contributed by atoms with van der Waals surface area (Å²) in [6, 6.07) is 0. The van der Waals surface area contributed by atoms with Gasteiger partial charge in [0.2, 0.25) is 0 Å². The molecule has 0 aliphatic heterocycles. The van der Waals surface area contributed by atoms with Gasteiger partial charge in [-0.2, -0.15) is 0 Å². The Hall–Kier alpha value is -1.25. The van der Waals surface area contributed by atoms with Gasteiger partial charge in [0, 0.05) is 12.8 Å². The molecule has 0 bridgehead atoms. The van der Waals surface area contributed by atoms with E-state index in [0.29, 0.717) is 17.4 Å². The number of carbonyl (C=O) groups is 2. The van der Waals surface area contributed by atoms with E-state index in [-0.39, 0.29) is 32.0 Å². The number of esters is 2. The number of hydrogen-bond acceptors (Lipinski definition) is 7. The third-order valence-electron chi connectivity index (χ3n) is 6.27. The minimum Gasteiger partial charge on any atom is -0.462 e. The lowest BCUT2D eigenvalue weighted by molar-refractivity contribution is -0.870. The van der Waals surface area contributed by atoms with Crippen molar-refractivity contribution in [2.75, 3.05) is 47.5 Å². The predicted octanol–water partition coefficient (Wildman–Crippen LogP) is 7.12. The highest BCUT2D eigenvalue weighted by Crippen LogP contribution is 2.43. The van der Waals surface area contributed by atoms with E-state index >= 15 is 0 Å². The molecule has 0 radical (unpaired) electrons. The second-order valence-corrected chi connectivity index (χ2v) is 12.9. The summed E-state index contributed by atoms with van der Waals surface area (Å²) in [4.78, 5) is 34.1. The van der Waals surface area contributed by atoms with Crippen molar-refractivity contribution in [1.29, 1.82) is 0 Å². The maximum absolute atomic E-state index is 12.2. The quantitative estimate of drug-likeness (QED) is 0.0353. The van der Waals surface area contributed by atoms with Crippen molar-refractivity contribution >= 4 is 19.8 Å². The number of likely N-dealkylation sites (N-methyl/N-ethyl adjacent to an activating group) is 1. The van der Waals surface area contributed by atoms with Crippen LogP contribution in [0.15, 0.2) is 12.2 Å². The van der Waals surface area contributed by atoms with Crippen LogP contribution >= 0.6 is 7.82 Å². The van der Waals surface area contributed by atoms with Crippen LogP contribution in [0.25, 0.3) is 0 Å². The number of phosphoric ester groups is 1. The summed E-state index contributed by atoms with van der Waals surface area (Å²) in [6.07, 6.45) is 20.0. The minimum atomic E-state index is -4.33. The predicted molar refractivity (Wildman–Crippen MR) is 160 cm³/mol. The topological polar surface area (TPSA) is 108 Å². The average Bonchev–Trinajstić information content (AvgIpc) is 2.87.